The smallest absolute Gasteiger partial charge is 0.0948 e. The standard InChI is InChI=1S/C19H28N4O/c1-15(2)12-23-14-21-11-18(23)13-22-8-5-16(6-9-22)19(24)17-4-3-7-20-10-17/h3-4,7,10-11,14-16,19,24H,5-6,8-9,12-13H2,1-2H3. The van der Waals surface area contributed by atoms with Crippen LogP contribution in [0.25, 0.3) is 0 Å². The molecule has 1 aliphatic heterocycles. The number of aromatic nitrogens is 3. The van der Waals surface area contributed by atoms with Gasteiger partial charge in [-0.15, -0.1) is 0 Å². The third kappa shape index (κ3) is 4.22. The molecule has 0 aromatic carbocycles. The average molecular weight is 328 g/mol. The molecule has 1 unspecified atom stereocenters. The van der Waals surface area contributed by atoms with Crippen molar-refractivity contribution in [2.24, 2.45) is 11.8 Å². The van der Waals surface area contributed by atoms with Gasteiger partial charge in [0.25, 0.3) is 0 Å². The van der Waals surface area contributed by atoms with Crippen LogP contribution in [0, 0.1) is 11.8 Å². The first-order valence-corrected chi connectivity index (χ1v) is 8.93. The Morgan fingerprint density at radius 3 is 2.67 bits per heavy atom. The second kappa shape index (κ2) is 7.90. The Morgan fingerprint density at radius 2 is 2.00 bits per heavy atom. The number of pyridine rings is 1. The summed E-state index contributed by atoms with van der Waals surface area (Å²) in [5.74, 6) is 0.948. The number of hydrogen-bond donors (Lipinski definition) is 1. The summed E-state index contributed by atoms with van der Waals surface area (Å²) in [4.78, 5) is 10.9. The fourth-order valence-corrected chi connectivity index (χ4v) is 3.52. The summed E-state index contributed by atoms with van der Waals surface area (Å²) >= 11 is 0. The molecule has 5 heteroatoms. The second-order valence-corrected chi connectivity index (χ2v) is 7.28. The molecule has 1 atom stereocenters. The van der Waals surface area contributed by atoms with E-state index in [1.165, 1.54) is 5.69 Å². The van der Waals surface area contributed by atoms with Crippen molar-refractivity contribution in [1.82, 2.24) is 19.4 Å². The van der Waals surface area contributed by atoms with E-state index < -0.39 is 6.10 Å². The lowest BCUT2D eigenvalue weighted by Gasteiger charge is -2.34. The van der Waals surface area contributed by atoms with E-state index in [0.29, 0.717) is 11.8 Å². The SMILES string of the molecule is CC(C)Cn1cncc1CN1CCC(C(O)c2cccnc2)CC1. The van der Waals surface area contributed by atoms with Crippen LogP contribution in [0.1, 0.15) is 44.1 Å². The summed E-state index contributed by atoms with van der Waals surface area (Å²) in [6.07, 6.45) is 9.10. The molecule has 0 saturated carbocycles. The number of hydrogen-bond acceptors (Lipinski definition) is 4. The zero-order valence-electron chi connectivity index (χ0n) is 14.7. The largest absolute Gasteiger partial charge is 0.388 e. The Morgan fingerprint density at radius 1 is 1.21 bits per heavy atom. The van der Waals surface area contributed by atoms with Crippen LogP contribution < -0.4 is 0 Å². The highest BCUT2D eigenvalue weighted by atomic mass is 16.3. The van der Waals surface area contributed by atoms with Gasteiger partial charge < -0.3 is 9.67 Å². The summed E-state index contributed by atoms with van der Waals surface area (Å²) in [5, 5.41) is 10.6. The van der Waals surface area contributed by atoms with Gasteiger partial charge in [-0.2, -0.15) is 0 Å². The number of likely N-dealkylation sites (tertiary alicyclic amines) is 1. The number of rotatable bonds is 6. The minimum Gasteiger partial charge on any atom is -0.388 e. The van der Waals surface area contributed by atoms with Gasteiger partial charge in [-0.25, -0.2) is 4.98 Å². The third-order valence-corrected chi connectivity index (χ3v) is 4.85. The quantitative estimate of drug-likeness (QED) is 0.886. The minimum absolute atomic E-state index is 0.325. The van der Waals surface area contributed by atoms with Gasteiger partial charge in [-0.3, -0.25) is 9.88 Å². The molecule has 1 fully saturated rings. The molecule has 3 rings (SSSR count). The summed E-state index contributed by atoms with van der Waals surface area (Å²) in [5.41, 5.74) is 2.22. The first-order chi connectivity index (χ1) is 11.6. The van der Waals surface area contributed by atoms with Crippen molar-refractivity contribution in [1.29, 1.82) is 0 Å². The Bertz CT molecular complexity index is 617. The van der Waals surface area contributed by atoms with Gasteiger partial charge in [0.1, 0.15) is 0 Å². The summed E-state index contributed by atoms with van der Waals surface area (Å²) in [6.45, 7) is 8.47. The lowest BCUT2D eigenvalue weighted by molar-refractivity contribution is 0.0558. The van der Waals surface area contributed by atoms with Crippen molar-refractivity contribution in [3.63, 3.8) is 0 Å². The molecule has 0 radical (unpaired) electrons. The molecule has 0 aliphatic carbocycles. The highest BCUT2D eigenvalue weighted by Gasteiger charge is 2.26. The Labute approximate surface area is 144 Å². The van der Waals surface area contributed by atoms with E-state index in [4.69, 9.17) is 0 Å². The van der Waals surface area contributed by atoms with Crippen LogP contribution in [0.2, 0.25) is 0 Å². The molecule has 1 saturated heterocycles. The molecule has 5 nitrogen and oxygen atoms in total. The maximum atomic E-state index is 10.6. The molecule has 1 N–H and O–H groups in total. The molecule has 0 bridgehead atoms. The van der Waals surface area contributed by atoms with Gasteiger partial charge in [0.05, 0.1) is 18.1 Å². The van der Waals surface area contributed by atoms with Crippen molar-refractivity contribution in [3.8, 4) is 0 Å². The summed E-state index contributed by atoms with van der Waals surface area (Å²) < 4.78 is 2.27. The minimum atomic E-state index is -0.396. The first-order valence-electron chi connectivity index (χ1n) is 8.93. The molecule has 130 valence electrons. The molecule has 0 amide bonds. The molecule has 3 heterocycles. The van der Waals surface area contributed by atoms with Crippen LogP contribution in [0.4, 0.5) is 0 Å². The van der Waals surface area contributed by atoms with Crippen LogP contribution in [0.5, 0.6) is 0 Å². The highest BCUT2D eigenvalue weighted by Crippen LogP contribution is 2.30. The third-order valence-electron chi connectivity index (χ3n) is 4.85. The predicted molar refractivity (Wildman–Crippen MR) is 94.3 cm³/mol. The summed E-state index contributed by atoms with van der Waals surface area (Å²) in [6, 6.07) is 3.86. The number of nitrogens with zero attached hydrogens (tertiary/aromatic N) is 4. The van der Waals surface area contributed by atoms with Gasteiger partial charge in [-0.1, -0.05) is 19.9 Å². The summed E-state index contributed by atoms with van der Waals surface area (Å²) in [7, 11) is 0. The first kappa shape index (κ1) is 17.1. The normalized spacial score (nSPS) is 18.2. The van der Waals surface area contributed by atoms with Crippen LogP contribution in [-0.4, -0.2) is 37.6 Å². The lowest BCUT2D eigenvalue weighted by Crippen LogP contribution is -2.35. The highest BCUT2D eigenvalue weighted by molar-refractivity contribution is 5.13. The van der Waals surface area contributed by atoms with Gasteiger partial charge >= 0.3 is 0 Å². The molecule has 0 spiro atoms. The van der Waals surface area contributed by atoms with Crippen LogP contribution in [0.15, 0.2) is 37.1 Å². The Balaban J connectivity index is 1.53. The van der Waals surface area contributed by atoms with Gasteiger partial charge in [0, 0.05) is 31.7 Å². The maximum Gasteiger partial charge on any atom is 0.0948 e. The number of imidazole rings is 1. The molecule has 2 aromatic heterocycles. The van der Waals surface area contributed by atoms with E-state index in [-0.39, 0.29) is 0 Å². The van der Waals surface area contributed by atoms with E-state index >= 15 is 0 Å². The predicted octanol–water partition coefficient (Wildman–Crippen LogP) is 2.88. The molecule has 1 aliphatic rings. The molecular formula is C19H28N4O. The van der Waals surface area contributed by atoms with E-state index in [9.17, 15) is 5.11 Å². The van der Waals surface area contributed by atoms with Crippen LogP contribution >= 0.6 is 0 Å². The Hall–Kier alpha value is -1.72. The average Bonchev–Trinajstić information content (AvgIpc) is 3.02. The zero-order chi connectivity index (χ0) is 16.9. The lowest BCUT2D eigenvalue weighted by atomic mass is 9.88. The maximum absolute atomic E-state index is 10.6. The van der Waals surface area contributed by atoms with Crippen molar-refractivity contribution in [2.75, 3.05) is 13.1 Å². The number of piperidine rings is 1. The van der Waals surface area contributed by atoms with Crippen molar-refractivity contribution < 1.29 is 5.11 Å². The van der Waals surface area contributed by atoms with Crippen LogP contribution in [-0.2, 0) is 13.1 Å². The Kier molecular flexibility index (Phi) is 5.63. The van der Waals surface area contributed by atoms with Gasteiger partial charge in [0.15, 0.2) is 0 Å². The fourth-order valence-electron chi connectivity index (χ4n) is 3.52. The monoisotopic (exact) mass is 328 g/mol. The van der Waals surface area contributed by atoms with Crippen molar-refractivity contribution in [2.45, 2.75) is 45.9 Å². The molecule has 24 heavy (non-hydrogen) atoms. The zero-order valence-corrected chi connectivity index (χ0v) is 14.7. The number of aliphatic hydroxyl groups is 1. The van der Waals surface area contributed by atoms with Crippen molar-refractivity contribution in [3.05, 3.63) is 48.3 Å². The van der Waals surface area contributed by atoms with Crippen LogP contribution in [0.3, 0.4) is 0 Å². The topological polar surface area (TPSA) is 54.2 Å². The van der Waals surface area contributed by atoms with E-state index in [1.54, 1.807) is 12.4 Å². The fraction of sp³-hybridized carbons (Fsp3) is 0.579. The molecule has 2 aromatic rings. The van der Waals surface area contributed by atoms with E-state index in [0.717, 1.165) is 44.6 Å². The molecular weight excluding hydrogens is 300 g/mol. The van der Waals surface area contributed by atoms with Crippen molar-refractivity contribution >= 4 is 0 Å². The van der Waals surface area contributed by atoms with Gasteiger partial charge in [-0.05, 0) is 49.4 Å². The van der Waals surface area contributed by atoms with Gasteiger partial charge in [0.2, 0.25) is 0 Å². The second-order valence-electron chi connectivity index (χ2n) is 7.28. The van der Waals surface area contributed by atoms with E-state index in [1.807, 2.05) is 24.7 Å². The van der Waals surface area contributed by atoms with E-state index in [2.05, 4.69) is 33.3 Å². The number of aliphatic hydroxyl groups excluding tert-OH is 1.